The van der Waals surface area contributed by atoms with Crippen molar-refractivity contribution in [3.63, 3.8) is 0 Å². The quantitative estimate of drug-likeness (QED) is 0.760. The molecule has 0 aliphatic carbocycles. The molecule has 27 heavy (non-hydrogen) atoms. The van der Waals surface area contributed by atoms with Gasteiger partial charge in [-0.3, -0.25) is 4.79 Å². The Bertz CT molecular complexity index is 802. The van der Waals surface area contributed by atoms with Crippen LogP contribution in [0.1, 0.15) is 24.0 Å². The number of hydrogen-bond acceptors (Lipinski definition) is 4. The number of aliphatic carboxylic acids is 1. The Hall–Kier alpha value is -3.02. The average molecular weight is 369 g/mol. The minimum atomic E-state index is -0.965. The maximum absolute atomic E-state index is 12.6. The molecule has 0 fully saturated rings. The smallest absolute Gasteiger partial charge is 0.326 e. The molecule has 1 aliphatic heterocycles. The van der Waals surface area contributed by atoms with Crippen molar-refractivity contribution in [1.82, 2.24) is 4.90 Å². The Morgan fingerprint density at radius 2 is 1.74 bits per heavy atom. The fourth-order valence-corrected chi connectivity index (χ4v) is 3.23. The number of methoxy groups -OCH3 is 1. The summed E-state index contributed by atoms with van der Waals surface area (Å²) in [4.78, 5) is 25.7. The monoisotopic (exact) mass is 369 g/mol. The third-order valence-electron chi connectivity index (χ3n) is 4.72. The maximum atomic E-state index is 12.6. The Morgan fingerprint density at radius 1 is 1.07 bits per heavy atom. The fraction of sp³-hybridized carbons (Fsp3) is 0.333. The van der Waals surface area contributed by atoms with Crippen molar-refractivity contribution in [2.24, 2.45) is 0 Å². The lowest BCUT2D eigenvalue weighted by atomic mass is 9.93. The summed E-state index contributed by atoms with van der Waals surface area (Å²) in [6.45, 7) is 0.728. The molecule has 1 heterocycles. The van der Waals surface area contributed by atoms with Gasteiger partial charge in [-0.2, -0.15) is 0 Å². The first-order valence-corrected chi connectivity index (χ1v) is 8.94. The van der Waals surface area contributed by atoms with E-state index in [9.17, 15) is 14.7 Å². The van der Waals surface area contributed by atoms with E-state index in [2.05, 4.69) is 0 Å². The predicted octanol–water partition coefficient (Wildman–Crippen LogP) is 2.89. The van der Waals surface area contributed by atoms with Crippen LogP contribution in [0.2, 0.25) is 0 Å². The van der Waals surface area contributed by atoms with Crippen LogP contribution in [-0.4, -0.2) is 41.6 Å². The number of hydrogen-bond donors (Lipinski definition) is 1. The third kappa shape index (κ3) is 4.58. The Morgan fingerprint density at radius 3 is 2.41 bits per heavy atom. The zero-order valence-corrected chi connectivity index (χ0v) is 15.3. The standard InChI is InChI=1S/C21H23NO5/c1-26-17-8-10-18(11-9-17)27-12-4-7-20(23)22-14-16-6-3-2-5-15(16)13-19(22)21(24)25/h2-3,5-6,8-11,19H,4,7,12-14H2,1H3,(H,24,25). The largest absolute Gasteiger partial charge is 0.497 e. The lowest BCUT2D eigenvalue weighted by molar-refractivity contribution is -0.151. The second kappa shape index (κ2) is 8.58. The van der Waals surface area contributed by atoms with E-state index in [0.29, 0.717) is 31.7 Å². The van der Waals surface area contributed by atoms with Gasteiger partial charge >= 0.3 is 5.97 Å². The number of carboxylic acids is 1. The van der Waals surface area contributed by atoms with E-state index in [1.165, 1.54) is 4.90 Å². The van der Waals surface area contributed by atoms with Gasteiger partial charge in [-0.25, -0.2) is 4.79 Å². The van der Waals surface area contributed by atoms with Gasteiger partial charge in [0.1, 0.15) is 17.5 Å². The first-order valence-electron chi connectivity index (χ1n) is 8.94. The highest BCUT2D eigenvalue weighted by atomic mass is 16.5. The minimum absolute atomic E-state index is 0.157. The molecule has 1 aliphatic rings. The van der Waals surface area contributed by atoms with Crippen molar-refractivity contribution < 1.29 is 24.2 Å². The molecule has 0 radical (unpaired) electrons. The van der Waals surface area contributed by atoms with Crippen molar-refractivity contribution in [3.05, 3.63) is 59.7 Å². The predicted molar refractivity (Wildman–Crippen MR) is 99.8 cm³/mol. The van der Waals surface area contributed by atoms with Crippen LogP contribution in [0.4, 0.5) is 0 Å². The molecular weight excluding hydrogens is 346 g/mol. The van der Waals surface area contributed by atoms with Crippen molar-refractivity contribution in [3.8, 4) is 11.5 Å². The van der Waals surface area contributed by atoms with Crippen LogP contribution >= 0.6 is 0 Å². The number of nitrogens with zero attached hydrogens (tertiary/aromatic N) is 1. The third-order valence-corrected chi connectivity index (χ3v) is 4.72. The van der Waals surface area contributed by atoms with Crippen LogP contribution in [0.15, 0.2) is 48.5 Å². The van der Waals surface area contributed by atoms with E-state index in [1.807, 2.05) is 48.5 Å². The van der Waals surface area contributed by atoms with Gasteiger partial charge < -0.3 is 19.5 Å². The Labute approximate surface area is 158 Å². The summed E-state index contributed by atoms with van der Waals surface area (Å²) in [5.41, 5.74) is 2.01. The van der Waals surface area contributed by atoms with Gasteiger partial charge in [-0.05, 0) is 41.8 Å². The first-order chi connectivity index (χ1) is 13.1. The summed E-state index contributed by atoms with van der Waals surface area (Å²) in [5, 5.41) is 9.52. The molecule has 0 bridgehead atoms. The van der Waals surface area contributed by atoms with Gasteiger partial charge in [-0.1, -0.05) is 24.3 Å². The SMILES string of the molecule is COc1ccc(OCCCC(=O)N2Cc3ccccc3CC2C(=O)O)cc1. The number of carbonyl (C=O) groups excluding carboxylic acids is 1. The molecule has 2 aromatic carbocycles. The number of carbonyl (C=O) groups is 2. The summed E-state index contributed by atoms with van der Waals surface area (Å²) in [5.74, 6) is 0.337. The first kappa shape index (κ1) is 18.8. The summed E-state index contributed by atoms with van der Waals surface area (Å²) < 4.78 is 10.7. The second-order valence-electron chi connectivity index (χ2n) is 6.48. The summed E-state index contributed by atoms with van der Waals surface area (Å²) in [7, 11) is 1.60. The van der Waals surface area contributed by atoms with Gasteiger partial charge in [0.2, 0.25) is 5.91 Å². The van der Waals surface area contributed by atoms with Crippen molar-refractivity contribution >= 4 is 11.9 Å². The summed E-state index contributed by atoms with van der Waals surface area (Å²) >= 11 is 0. The number of carboxylic acid groups (broad SMARTS) is 1. The zero-order chi connectivity index (χ0) is 19.2. The second-order valence-corrected chi connectivity index (χ2v) is 6.48. The van der Waals surface area contributed by atoms with Gasteiger partial charge in [0.25, 0.3) is 0 Å². The topological polar surface area (TPSA) is 76.1 Å². The molecule has 142 valence electrons. The molecule has 1 N–H and O–H groups in total. The lowest BCUT2D eigenvalue weighted by Gasteiger charge is -2.34. The molecular formula is C21H23NO5. The van der Waals surface area contributed by atoms with Crippen molar-refractivity contribution in [2.45, 2.75) is 31.8 Å². The molecule has 0 saturated heterocycles. The highest BCUT2D eigenvalue weighted by Crippen LogP contribution is 2.24. The van der Waals surface area contributed by atoms with Crippen LogP contribution in [0.3, 0.4) is 0 Å². The van der Waals surface area contributed by atoms with E-state index in [4.69, 9.17) is 9.47 Å². The fourth-order valence-electron chi connectivity index (χ4n) is 3.23. The zero-order valence-electron chi connectivity index (χ0n) is 15.3. The molecule has 6 nitrogen and oxygen atoms in total. The normalized spacial score (nSPS) is 15.7. The Kier molecular flexibility index (Phi) is 5.96. The van der Waals surface area contributed by atoms with Crippen LogP contribution in [0.5, 0.6) is 11.5 Å². The number of benzene rings is 2. The van der Waals surface area contributed by atoms with Gasteiger partial charge in [0, 0.05) is 19.4 Å². The lowest BCUT2D eigenvalue weighted by Crippen LogP contribution is -2.48. The van der Waals surface area contributed by atoms with Crippen LogP contribution < -0.4 is 9.47 Å². The van der Waals surface area contributed by atoms with E-state index in [1.54, 1.807) is 7.11 Å². The molecule has 6 heteroatoms. The highest BCUT2D eigenvalue weighted by Gasteiger charge is 2.33. The van der Waals surface area contributed by atoms with Crippen molar-refractivity contribution in [2.75, 3.05) is 13.7 Å². The van der Waals surface area contributed by atoms with Crippen LogP contribution in [-0.2, 0) is 22.6 Å². The van der Waals surface area contributed by atoms with E-state index in [0.717, 1.165) is 16.9 Å². The van der Waals surface area contributed by atoms with Crippen LogP contribution in [0.25, 0.3) is 0 Å². The number of rotatable bonds is 7. The van der Waals surface area contributed by atoms with Crippen molar-refractivity contribution in [1.29, 1.82) is 0 Å². The summed E-state index contributed by atoms with van der Waals surface area (Å²) in [6.07, 6.45) is 1.12. The van der Waals surface area contributed by atoms with E-state index >= 15 is 0 Å². The van der Waals surface area contributed by atoms with Gasteiger partial charge in [0.05, 0.1) is 13.7 Å². The average Bonchev–Trinajstić information content (AvgIpc) is 2.70. The van der Waals surface area contributed by atoms with E-state index < -0.39 is 12.0 Å². The van der Waals surface area contributed by atoms with E-state index in [-0.39, 0.29) is 12.3 Å². The number of fused-ring (bicyclic) bond motifs is 1. The molecule has 3 rings (SSSR count). The number of ether oxygens (including phenoxy) is 2. The molecule has 1 unspecified atom stereocenters. The minimum Gasteiger partial charge on any atom is -0.497 e. The molecule has 0 saturated carbocycles. The molecule has 0 spiro atoms. The van der Waals surface area contributed by atoms with Crippen LogP contribution in [0, 0.1) is 0 Å². The van der Waals surface area contributed by atoms with Gasteiger partial charge in [0.15, 0.2) is 0 Å². The molecule has 1 atom stereocenters. The number of amides is 1. The Balaban J connectivity index is 1.54. The highest BCUT2D eigenvalue weighted by molar-refractivity contribution is 5.84. The molecule has 2 aromatic rings. The molecule has 0 aromatic heterocycles. The summed E-state index contributed by atoms with van der Waals surface area (Å²) in [6, 6.07) is 14.1. The van der Waals surface area contributed by atoms with Gasteiger partial charge in [-0.15, -0.1) is 0 Å². The maximum Gasteiger partial charge on any atom is 0.326 e. The molecule has 1 amide bonds.